The number of nitrogen functional groups attached to an aromatic ring is 1. The van der Waals surface area contributed by atoms with Gasteiger partial charge in [0.25, 0.3) is 0 Å². The molecule has 2 aromatic rings. The predicted molar refractivity (Wildman–Crippen MR) is 71.0 cm³/mol. The van der Waals surface area contributed by atoms with Crippen LogP contribution in [0.5, 0.6) is 5.75 Å². The van der Waals surface area contributed by atoms with E-state index in [1.807, 2.05) is 25.1 Å². The summed E-state index contributed by atoms with van der Waals surface area (Å²) in [5, 5.41) is 4.09. The van der Waals surface area contributed by atoms with Gasteiger partial charge < -0.3 is 10.5 Å². The second kappa shape index (κ2) is 5.23. The molecule has 2 rings (SSSR count). The van der Waals surface area contributed by atoms with E-state index in [4.69, 9.17) is 10.5 Å². The molecular weight excluding hydrogens is 282 g/mol. The molecule has 0 amide bonds. The van der Waals surface area contributed by atoms with Gasteiger partial charge in [-0.05, 0) is 30.7 Å². The van der Waals surface area contributed by atoms with E-state index < -0.39 is 0 Å². The Morgan fingerprint density at radius 1 is 1.47 bits per heavy atom. The van der Waals surface area contributed by atoms with Crippen LogP contribution in [-0.4, -0.2) is 16.4 Å². The number of rotatable bonds is 4. The topological polar surface area (TPSA) is 53.1 Å². The molecule has 90 valence electrons. The average Bonchev–Trinajstić information content (AvgIpc) is 2.68. The third-order valence-corrected chi connectivity index (χ3v) is 2.86. The van der Waals surface area contributed by atoms with Crippen LogP contribution in [-0.2, 0) is 6.54 Å². The van der Waals surface area contributed by atoms with Gasteiger partial charge in [-0.2, -0.15) is 5.10 Å². The first-order chi connectivity index (χ1) is 8.15. The second-order valence-corrected chi connectivity index (χ2v) is 4.71. The molecule has 0 unspecified atom stereocenters. The predicted octanol–water partition coefficient (Wildman–Crippen LogP) is 2.62. The number of hydrogen-bond donors (Lipinski definition) is 1. The normalized spacial score (nSPS) is 10.5. The zero-order chi connectivity index (χ0) is 12.3. The standard InChI is InChI=1S/C12H14BrN3O/c1-9-6-10(13)2-3-12(9)17-5-4-16-8-11(14)7-15-16/h2-3,6-8H,4-5,14H2,1H3. The Balaban J connectivity index is 1.90. The van der Waals surface area contributed by atoms with E-state index in [0.717, 1.165) is 15.8 Å². The van der Waals surface area contributed by atoms with E-state index in [9.17, 15) is 0 Å². The van der Waals surface area contributed by atoms with Crippen LogP contribution in [0.3, 0.4) is 0 Å². The molecular formula is C12H14BrN3O. The molecule has 0 saturated heterocycles. The van der Waals surface area contributed by atoms with E-state index >= 15 is 0 Å². The highest BCUT2D eigenvalue weighted by Gasteiger charge is 2.00. The monoisotopic (exact) mass is 295 g/mol. The Bertz CT molecular complexity index is 510. The fourth-order valence-electron chi connectivity index (χ4n) is 1.53. The van der Waals surface area contributed by atoms with E-state index in [1.165, 1.54) is 0 Å². The number of benzene rings is 1. The van der Waals surface area contributed by atoms with Crippen LogP contribution in [0.1, 0.15) is 5.56 Å². The lowest BCUT2D eigenvalue weighted by atomic mass is 10.2. The summed E-state index contributed by atoms with van der Waals surface area (Å²) in [4.78, 5) is 0. The van der Waals surface area contributed by atoms with E-state index in [-0.39, 0.29) is 0 Å². The number of anilines is 1. The van der Waals surface area contributed by atoms with Crippen molar-refractivity contribution < 1.29 is 4.74 Å². The van der Waals surface area contributed by atoms with Gasteiger partial charge in [0.2, 0.25) is 0 Å². The van der Waals surface area contributed by atoms with Crippen molar-refractivity contribution in [1.82, 2.24) is 9.78 Å². The summed E-state index contributed by atoms with van der Waals surface area (Å²) < 4.78 is 8.51. The molecule has 0 aliphatic heterocycles. The highest BCUT2D eigenvalue weighted by molar-refractivity contribution is 9.10. The minimum Gasteiger partial charge on any atom is -0.491 e. The maximum atomic E-state index is 5.68. The number of nitrogens with two attached hydrogens (primary N) is 1. The van der Waals surface area contributed by atoms with Crippen molar-refractivity contribution in [2.24, 2.45) is 0 Å². The van der Waals surface area contributed by atoms with E-state index in [2.05, 4.69) is 21.0 Å². The van der Waals surface area contributed by atoms with Gasteiger partial charge >= 0.3 is 0 Å². The summed E-state index contributed by atoms with van der Waals surface area (Å²) in [5.74, 6) is 0.897. The van der Waals surface area contributed by atoms with E-state index in [0.29, 0.717) is 18.8 Å². The highest BCUT2D eigenvalue weighted by atomic mass is 79.9. The maximum Gasteiger partial charge on any atom is 0.122 e. The SMILES string of the molecule is Cc1cc(Br)ccc1OCCn1cc(N)cn1. The van der Waals surface area contributed by atoms with Crippen molar-refractivity contribution in [2.75, 3.05) is 12.3 Å². The molecule has 1 aromatic carbocycles. The Morgan fingerprint density at radius 3 is 2.94 bits per heavy atom. The fraction of sp³-hybridized carbons (Fsp3) is 0.250. The van der Waals surface area contributed by atoms with Crippen LogP contribution in [0.15, 0.2) is 35.1 Å². The summed E-state index contributed by atoms with van der Waals surface area (Å²) >= 11 is 3.42. The quantitative estimate of drug-likeness (QED) is 0.943. The molecule has 0 aliphatic carbocycles. The van der Waals surface area contributed by atoms with Gasteiger partial charge in [0.15, 0.2) is 0 Å². The largest absolute Gasteiger partial charge is 0.491 e. The Labute approximate surface area is 109 Å². The number of halogens is 1. The molecule has 0 fully saturated rings. The van der Waals surface area contributed by atoms with Crippen molar-refractivity contribution in [1.29, 1.82) is 0 Å². The van der Waals surface area contributed by atoms with Crippen molar-refractivity contribution in [3.8, 4) is 5.75 Å². The van der Waals surface area contributed by atoms with Gasteiger partial charge in [0.05, 0.1) is 18.4 Å². The van der Waals surface area contributed by atoms with Crippen molar-refractivity contribution in [2.45, 2.75) is 13.5 Å². The zero-order valence-corrected chi connectivity index (χ0v) is 11.1. The van der Waals surface area contributed by atoms with Crippen LogP contribution >= 0.6 is 15.9 Å². The lowest BCUT2D eigenvalue weighted by molar-refractivity contribution is 0.289. The first-order valence-corrected chi connectivity index (χ1v) is 6.11. The van der Waals surface area contributed by atoms with Gasteiger partial charge in [-0.3, -0.25) is 4.68 Å². The minimum absolute atomic E-state index is 0.573. The van der Waals surface area contributed by atoms with Gasteiger partial charge in [-0.15, -0.1) is 0 Å². The number of ether oxygens (including phenoxy) is 1. The molecule has 0 radical (unpaired) electrons. The third-order valence-electron chi connectivity index (χ3n) is 2.37. The minimum atomic E-state index is 0.573. The molecule has 2 N–H and O–H groups in total. The molecule has 17 heavy (non-hydrogen) atoms. The van der Waals surface area contributed by atoms with Crippen molar-refractivity contribution in [3.63, 3.8) is 0 Å². The molecule has 4 nitrogen and oxygen atoms in total. The summed E-state index contributed by atoms with van der Waals surface area (Å²) in [6, 6.07) is 5.95. The summed E-state index contributed by atoms with van der Waals surface area (Å²) in [6.45, 7) is 3.28. The van der Waals surface area contributed by atoms with Crippen molar-refractivity contribution >= 4 is 21.6 Å². The lowest BCUT2D eigenvalue weighted by Crippen LogP contribution is -2.09. The zero-order valence-electron chi connectivity index (χ0n) is 9.56. The van der Waals surface area contributed by atoms with Crippen LogP contribution in [0.2, 0.25) is 0 Å². The number of nitrogens with zero attached hydrogens (tertiary/aromatic N) is 2. The first kappa shape index (κ1) is 12.0. The molecule has 0 atom stereocenters. The molecule has 1 heterocycles. The molecule has 0 bridgehead atoms. The second-order valence-electron chi connectivity index (χ2n) is 3.80. The van der Waals surface area contributed by atoms with Gasteiger partial charge in [0, 0.05) is 10.7 Å². The summed E-state index contributed by atoms with van der Waals surface area (Å²) in [5.41, 5.74) is 7.35. The molecule has 1 aromatic heterocycles. The fourth-order valence-corrected chi connectivity index (χ4v) is 2.00. The Morgan fingerprint density at radius 2 is 2.29 bits per heavy atom. The summed E-state index contributed by atoms with van der Waals surface area (Å²) in [7, 11) is 0. The van der Waals surface area contributed by atoms with E-state index in [1.54, 1.807) is 17.1 Å². The Hall–Kier alpha value is -1.49. The number of aromatic nitrogens is 2. The average molecular weight is 296 g/mol. The molecule has 0 aliphatic rings. The molecule has 0 spiro atoms. The van der Waals surface area contributed by atoms with Gasteiger partial charge in [-0.1, -0.05) is 15.9 Å². The smallest absolute Gasteiger partial charge is 0.122 e. The Kier molecular flexibility index (Phi) is 3.68. The highest BCUT2D eigenvalue weighted by Crippen LogP contribution is 2.22. The van der Waals surface area contributed by atoms with Crippen LogP contribution in [0.25, 0.3) is 0 Å². The molecule has 5 heteroatoms. The van der Waals surface area contributed by atoms with Gasteiger partial charge in [-0.25, -0.2) is 0 Å². The van der Waals surface area contributed by atoms with Crippen molar-refractivity contribution in [3.05, 3.63) is 40.6 Å². The number of hydrogen-bond acceptors (Lipinski definition) is 3. The van der Waals surface area contributed by atoms with Crippen LogP contribution in [0, 0.1) is 6.92 Å². The van der Waals surface area contributed by atoms with Crippen LogP contribution in [0.4, 0.5) is 5.69 Å². The van der Waals surface area contributed by atoms with Crippen LogP contribution < -0.4 is 10.5 Å². The third kappa shape index (κ3) is 3.23. The molecule has 0 saturated carbocycles. The number of aryl methyl sites for hydroxylation is 1. The van der Waals surface area contributed by atoms with Gasteiger partial charge in [0.1, 0.15) is 12.4 Å². The maximum absolute atomic E-state index is 5.68. The first-order valence-electron chi connectivity index (χ1n) is 5.32. The summed E-state index contributed by atoms with van der Waals surface area (Å²) in [6.07, 6.45) is 3.42. The lowest BCUT2D eigenvalue weighted by Gasteiger charge is -2.09.